The molecule has 0 amide bonds. The van der Waals surface area contributed by atoms with Crippen molar-refractivity contribution in [2.45, 2.75) is 88.7 Å². The molecule has 4 nitrogen and oxygen atoms in total. The summed E-state index contributed by atoms with van der Waals surface area (Å²) in [7, 11) is 0. The highest BCUT2D eigenvalue weighted by molar-refractivity contribution is 9.10. The van der Waals surface area contributed by atoms with Gasteiger partial charge in [-0.3, -0.25) is 9.59 Å². The second kappa shape index (κ2) is 6.04. The minimum Gasteiger partial charge on any atom is -0.463 e. The molecule has 0 bridgehead atoms. The van der Waals surface area contributed by atoms with Crippen LogP contribution < -0.4 is 0 Å². The largest absolute Gasteiger partial charge is 0.463 e. The number of fused-ring (bicyclic) bond motifs is 5. The van der Waals surface area contributed by atoms with E-state index in [-0.39, 0.29) is 22.9 Å². The number of hydrogen-bond acceptors (Lipinski definition) is 4. The van der Waals surface area contributed by atoms with Gasteiger partial charge in [0.2, 0.25) is 0 Å². The van der Waals surface area contributed by atoms with Gasteiger partial charge in [-0.15, -0.1) is 0 Å². The van der Waals surface area contributed by atoms with Crippen molar-refractivity contribution in [3.63, 3.8) is 0 Å². The molecule has 3 unspecified atom stereocenters. The summed E-state index contributed by atoms with van der Waals surface area (Å²) in [5.74, 6) is 1.57. The van der Waals surface area contributed by atoms with Crippen LogP contribution in [0.1, 0.15) is 72.1 Å². The fraction of sp³-hybridized carbons (Fsp3) is 0.905. The zero-order chi connectivity index (χ0) is 18.9. The Morgan fingerprint density at radius 3 is 2.62 bits per heavy atom. The summed E-state index contributed by atoms with van der Waals surface area (Å²) in [5, 5.41) is 11.2. The monoisotopic (exact) mass is 426 g/mol. The van der Waals surface area contributed by atoms with E-state index in [1.165, 1.54) is 6.92 Å². The number of rotatable bonds is 1. The Labute approximate surface area is 164 Å². The van der Waals surface area contributed by atoms with E-state index in [2.05, 4.69) is 29.8 Å². The zero-order valence-corrected chi connectivity index (χ0v) is 17.7. The van der Waals surface area contributed by atoms with Crippen molar-refractivity contribution in [3.05, 3.63) is 0 Å². The van der Waals surface area contributed by atoms with Gasteiger partial charge in [-0.2, -0.15) is 0 Å². The molecule has 0 spiro atoms. The molecule has 0 aliphatic heterocycles. The molecular weight excluding hydrogens is 396 g/mol. The van der Waals surface area contributed by atoms with Crippen LogP contribution in [0.5, 0.6) is 0 Å². The molecule has 4 saturated carbocycles. The second-order valence-corrected chi connectivity index (χ2v) is 11.2. The van der Waals surface area contributed by atoms with Gasteiger partial charge >= 0.3 is 5.97 Å². The minimum absolute atomic E-state index is 0.0288. The van der Waals surface area contributed by atoms with Gasteiger partial charge in [-0.25, -0.2) is 0 Å². The summed E-state index contributed by atoms with van der Waals surface area (Å²) in [4.78, 5) is 24.0. The molecule has 4 fully saturated rings. The van der Waals surface area contributed by atoms with Gasteiger partial charge in [-0.1, -0.05) is 29.8 Å². The number of carbonyl (C=O) groups is 2. The van der Waals surface area contributed by atoms with E-state index < -0.39 is 10.4 Å². The molecule has 146 valence electrons. The molecule has 26 heavy (non-hydrogen) atoms. The Morgan fingerprint density at radius 1 is 1.19 bits per heavy atom. The van der Waals surface area contributed by atoms with Gasteiger partial charge in [0.05, 0.1) is 10.4 Å². The van der Waals surface area contributed by atoms with E-state index in [9.17, 15) is 14.7 Å². The quantitative estimate of drug-likeness (QED) is 0.507. The van der Waals surface area contributed by atoms with Crippen LogP contribution in [0.3, 0.4) is 0 Å². The van der Waals surface area contributed by atoms with Gasteiger partial charge in [0, 0.05) is 25.2 Å². The van der Waals surface area contributed by atoms with E-state index in [1.54, 1.807) is 0 Å². The molecule has 0 saturated heterocycles. The third-order valence-corrected chi connectivity index (χ3v) is 10.5. The number of aliphatic hydroxyl groups is 1. The van der Waals surface area contributed by atoms with Gasteiger partial charge < -0.3 is 9.84 Å². The van der Waals surface area contributed by atoms with E-state index in [1.807, 2.05) is 0 Å². The lowest BCUT2D eigenvalue weighted by Crippen LogP contribution is -2.66. The van der Waals surface area contributed by atoms with E-state index in [0.29, 0.717) is 36.4 Å². The van der Waals surface area contributed by atoms with Crippen LogP contribution in [0, 0.1) is 28.6 Å². The SMILES string of the molecule is CC(=O)OC1CC[C@]2(C)[C@@H]3CC[C@]4(C)C(=O)CC[C@H]4[C@@H]3CC(O)C2(Br)C1. The van der Waals surface area contributed by atoms with Gasteiger partial charge in [0.25, 0.3) is 0 Å². The van der Waals surface area contributed by atoms with Crippen molar-refractivity contribution in [1.82, 2.24) is 0 Å². The first-order valence-corrected chi connectivity index (χ1v) is 11.0. The highest BCUT2D eigenvalue weighted by Crippen LogP contribution is 2.68. The molecular formula is C21H31BrO4. The topological polar surface area (TPSA) is 63.6 Å². The smallest absolute Gasteiger partial charge is 0.302 e. The van der Waals surface area contributed by atoms with E-state index in [4.69, 9.17) is 4.74 Å². The average molecular weight is 427 g/mol. The molecule has 1 N–H and O–H groups in total. The van der Waals surface area contributed by atoms with Crippen molar-refractivity contribution in [1.29, 1.82) is 0 Å². The number of hydrogen-bond donors (Lipinski definition) is 1. The Hall–Kier alpha value is -0.420. The van der Waals surface area contributed by atoms with Crippen LogP contribution in [0.25, 0.3) is 0 Å². The first kappa shape index (κ1) is 18.9. The van der Waals surface area contributed by atoms with Crippen LogP contribution in [0.2, 0.25) is 0 Å². The summed E-state index contributed by atoms with van der Waals surface area (Å²) < 4.78 is 5.10. The zero-order valence-electron chi connectivity index (χ0n) is 16.1. The number of esters is 1. The Bertz CT molecular complexity index is 636. The first-order valence-electron chi connectivity index (χ1n) is 10.2. The number of Topliss-reactive ketones (excluding diaryl/α,β-unsaturated/α-hetero) is 1. The first-order chi connectivity index (χ1) is 12.1. The van der Waals surface area contributed by atoms with Crippen molar-refractivity contribution in [2.24, 2.45) is 28.6 Å². The molecule has 0 aromatic carbocycles. The molecule has 5 heteroatoms. The maximum Gasteiger partial charge on any atom is 0.302 e. The average Bonchev–Trinajstić information content (AvgIpc) is 2.86. The second-order valence-electron chi connectivity index (χ2n) is 9.80. The highest BCUT2D eigenvalue weighted by Gasteiger charge is 2.67. The number of ether oxygens (including phenoxy) is 1. The molecule has 4 aliphatic carbocycles. The lowest BCUT2D eigenvalue weighted by atomic mass is 9.44. The third kappa shape index (κ3) is 2.41. The van der Waals surface area contributed by atoms with Crippen LogP contribution in [0.15, 0.2) is 0 Å². The Morgan fingerprint density at radius 2 is 1.92 bits per heavy atom. The van der Waals surface area contributed by atoms with Crippen LogP contribution in [-0.2, 0) is 14.3 Å². The molecule has 4 aliphatic rings. The normalized spacial score (nSPS) is 53.4. The Balaban J connectivity index is 1.65. The fourth-order valence-electron chi connectivity index (χ4n) is 7.30. The number of alkyl halides is 1. The minimum atomic E-state index is -0.467. The predicted octanol–water partition coefficient (Wildman–Crippen LogP) is 4.02. The number of aliphatic hydroxyl groups excluding tert-OH is 1. The number of halogens is 1. The summed E-state index contributed by atoms with van der Waals surface area (Å²) in [5.41, 5.74) is -0.197. The number of carbonyl (C=O) groups excluding carboxylic acids is 2. The van der Waals surface area contributed by atoms with Crippen molar-refractivity contribution < 1.29 is 19.4 Å². The lowest BCUT2D eigenvalue weighted by Gasteiger charge is -2.65. The summed E-state index contributed by atoms with van der Waals surface area (Å²) in [6, 6.07) is 0. The maximum absolute atomic E-state index is 12.5. The molecule has 4 rings (SSSR count). The van der Waals surface area contributed by atoms with Crippen LogP contribution >= 0.6 is 15.9 Å². The maximum atomic E-state index is 12.5. The molecule has 8 atom stereocenters. The highest BCUT2D eigenvalue weighted by atomic mass is 79.9. The summed E-state index contributed by atoms with van der Waals surface area (Å²) >= 11 is 3.98. The lowest BCUT2D eigenvalue weighted by molar-refractivity contribution is -0.168. The molecule has 0 aromatic rings. The van der Waals surface area contributed by atoms with Crippen LogP contribution in [0.4, 0.5) is 0 Å². The molecule has 0 radical (unpaired) electrons. The van der Waals surface area contributed by atoms with E-state index in [0.717, 1.165) is 38.5 Å². The van der Waals surface area contributed by atoms with Gasteiger partial charge in [-0.05, 0) is 61.7 Å². The van der Waals surface area contributed by atoms with Crippen molar-refractivity contribution >= 4 is 27.7 Å². The van der Waals surface area contributed by atoms with Gasteiger partial charge in [0.1, 0.15) is 11.9 Å². The van der Waals surface area contributed by atoms with Crippen molar-refractivity contribution in [2.75, 3.05) is 0 Å². The van der Waals surface area contributed by atoms with Crippen molar-refractivity contribution in [3.8, 4) is 0 Å². The summed E-state index contributed by atoms with van der Waals surface area (Å²) in [6.07, 6.45) is 6.42. The number of ketones is 1. The van der Waals surface area contributed by atoms with Gasteiger partial charge in [0.15, 0.2) is 0 Å². The van der Waals surface area contributed by atoms with Crippen LogP contribution in [-0.4, -0.2) is 33.4 Å². The fourth-order valence-corrected chi connectivity index (χ4v) is 8.34. The van der Waals surface area contributed by atoms with E-state index >= 15 is 0 Å². The Kier molecular flexibility index (Phi) is 4.39. The molecule has 0 heterocycles. The predicted molar refractivity (Wildman–Crippen MR) is 102 cm³/mol. The summed E-state index contributed by atoms with van der Waals surface area (Å²) in [6.45, 7) is 5.96. The third-order valence-electron chi connectivity index (χ3n) is 8.78. The molecule has 0 aromatic heterocycles. The standard InChI is InChI=1S/C21H31BrO4/c1-12(23)26-13-6-9-20(3)16-7-8-19(2)15(4-5-17(19)24)14(16)10-18(25)21(20,22)11-13/h13-16,18,25H,4-11H2,1-3H3/t13?,14-,15-,16+,18?,19-,20+,21?/m0/s1.